The number of para-hydroxylation sites is 1. The van der Waals surface area contributed by atoms with E-state index in [1.807, 2.05) is 0 Å². The van der Waals surface area contributed by atoms with Crippen molar-refractivity contribution in [3.05, 3.63) is 69.5 Å². The van der Waals surface area contributed by atoms with Gasteiger partial charge in [0.1, 0.15) is 11.6 Å². The smallest absolute Gasteiger partial charge is 0.266 e. The highest BCUT2D eigenvalue weighted by Crippen LogP contribution is 2.19. The first kappa shape index (κ1) is 14.0. The molecule has 0 N–H and O–H groups in total. The van der Waals surface area contributed by atoms with E-state index in [9.17, 15) is 9.18 Å². The van der Waals surface area contributed by atoms with Crippen molar-refractivity contribution in [3.8, 4) is 5.69 Å². The predicted octanol–water partition coefficient (Wildman–Crippen LogP) is 3.92. The molecule has 0 aliphatic heterocycles. The van der Waals surface area contributed by atoms with E-state index in [-0.39, 0.29) is 16.5 Å². The molecule has 6 heteroatoms. The summed E-state index contributed by atoms with van der Waals surface area (Å²) in [5.74, 6) is -0.172. The van der Waals surface area contributed by atoms with Crippen LogP contribution in [0.25, 0.3) is 16.6 Å². The first-order valence-electron chi connectivity index (χ1n) is 6.13. The zero-order valence-corrected chi connectivity index (χ0v) is 12.2. The molecule has 3 rings (SSSR count). The molecule has 0 saturated carbocycles. The first-order valence-corrected chi connectivity index (χ1v) is 7.04. The zero-order chi connectivity index (χ0) is 15.0. The Labute approximate surface area is 129 Å². The molecular formula is C15H9Cl2FN2O. The molecule has 1 heterocycles. The molecule has 2 aromatic carbocycles. The Balaban J connectivity index is 2.40. The molecule has 21 heavy (non-hydrogen) atoms. The second-order valence-corrected chi connectivity index (χ2v) is 5.15. The van der Waals surface area contributed by atoms with E-state index in [2.05, 4.69) is 4.98 Å². The second kappa shape index (κ2) is 5.47. The lowest BCUT2D eigenvalue weighted by Crippen LogP contribution is -2.23. The van der Waals surface area contributed by atoms with Crippen LogP contribution in [0.4, 0.5) is 4.39 Å². The van der Waals surface area contributed by atoms with E-state index in [0.29, 0.717) is 22.4 Å². The number of halogens is 3. The van der Waals surface area contributed by atoms with E-state index in [1.54, 1.807) is 24.3 Å². The van der Waals surface area contributed by atoms with Gasteiger partial charge in [-0.15, -0.1) is 11.6 Å². The molecule has 0 atom stereocenters. The third-order valence-corrected chi connectivity index (χ3v) is 3.53. The molecule has 3 nitrogen and oxygen atoms in total. The maximum atomic E-state index is 13.5. The second-order valence-electron chi connectivity index (χ2n) is 4.45. The Hall–Kier alpha value is -1.91. The minimum Gasteiger partial charge on any atom is -0.268 e. The Morgan fingerprint density at radius 1 is 1.19 bits per heavy atom. The Morgan fingerprint density at radius 3 is 2.67 bits per heavy atom. The third kappa shape index (κ3) is 2.52. The van der Waals surface area contributed by atoms with Crippen molar-refractivity contribution in [2.24, 2.45) is 0 Å². The minimum absolute atomic E-state index is 0.0220. The van der Waals surface area contributed by atoms with Gasteiger partial charge >= 0.3 is 0 Å². The van der Waals surface area contributed by atoms with Crippen molar-refractivity contribution in [3.63, 3.8) is 0 Å². The molecule has 0 bridgehead atoms. The normalized spacial score (nSPS) is 11.0. The van der Waals surface area contributed by atoms with Crippen LogP contribution in [0.15, 0.2) is 47.3 Å². The number of aromatic nitrogens is 2. The fourth-order valence-electron chi connectivity index (χ4n) is 2.20. The summed E-state index contributed by atoms with van der Waals surface area (Å²) < 4.78 is 14.8. The monoisotopic (exact) mass is 322 g/mol. The SMILES string of the molecule is O=c1c2ccccc2nc(CCl)n1-c1cc(F)cc(Cl)c1. The average Bonchev–Trinajstić information content (AvgIpc) is 2.46. The van der Waals surface area contributed by atoms with E-state index >= 15 is 0 Å². The summed E-state index contributed by atoms with van der Waals surface area (Å²) in [5, 5.41) is 0.636. The fourth-order valence-corrected chi connectivity index (χ4v) is 2.60. The summed E-state index contributed by atoms with van der Waals surface area (Å²) in [5.41, 5.74) is 0.550. The number of hydrogen-bond acceptors (Lipinski definition) is 2. The number of alkyl halides is 1. The maximum absolute atomic E-state index is 13.5. The Kier molecular flexibility index (Phi) is 3.66. The van der Waals surface area contributed by atoms with Gasteiger partial charge in [0.15, 0.2) is 0 Å². The van der Waals surface area contributed by atoms with Crippen molar-refractivity contribution in [2.45, 2.75) is 5.88 Å². The van der Waals surface area contributed by atoms with Crippen LogP contribution in [-0.4, -0.2) is 9.55 Å². The minimum atomic E-state index is -0.530. The van der Waals surface area contributed by atoms with Crippen molar-refractivity contribution in [1.82, 2.24) is 9.55 Å². The molecule has 0 radical (unpaired) electrons. The molecule has 0 saturated heterocycles. The molecular weight excluding hydrogens is 314 g/mol. The molecule has 0 fully saturated rings. The van der Waals surface area contributed by atoms with Gasteiger partial charge in [0, 0.05) is 5.02 Å². The van der Waals surface area contributed by atoms with E-state index in [0.717, 1.165) is 0 Å². The Morgan fingerprint density at radius 2 is 1.95 bits per heavy atom. The number of rotatable bonds is 2. The summed E-state index contributed by atoms with van der Waals surface area (Å²) in [6, 6.07) is 10.8. The van der Waals surface area contributed by atoms with Crippen LogP contribution < -0.4 is 5.56 Å². The predicted molar refractivity (Wildman–Crippen MR) is 81.9 cm³/mol. The topological polar surface area (TPSA) is 34.9 Å². The van der Waals surface area contributed by atoms with E-state index in [4.69, 9.17) is 23.2 Å². The van der Waals surface area contributed by atoms with Gasteiger partial charge in [-0.3, -0.25) is 9.36 Å². The highest BCUT2D eigenvalue weighted by atomic mass is 35.5. The standard InChI is InChI=1S/C15H9Cl2FN2O/c16-8-14-19-13-4-2-1-3-12(13)15(21)20(14)11-6-9(17)5-10(18)7-11/h1-7H,8H2. The van der Waals surface area contributed by atoms with Crippen LogP contribution in [0.2, 0.25) is 5.02 Å². The average molecular weight is 323 g/mol. The molecule has 0 unspecified atom stereocenters. The molecule has 0 aliphatic rings. The van der Waals surface area contributed by atoms with Crippen LogP contribution in [0.3, 0.4) is 0 Å². The summed E-state index contributed by atoms with van der Waals surface area (Å²) in [6.45, 7) is 0. The van der Waals surface area contributed by atoms with Crippen LogP contribution >= 0.6 is 23.2 Å². The van der Waals surface area contributed by atoms with Crippen LogP contribution in [0.5, 0.6) is 0 Å². The zero-order valence-electron chi connectivity index (χ0n) is 10.7. The van der Waals surface area contributed by atoms with Crippen LogP contribution in [0, 0.1) is 5.82 Å². The van der Waals surface area contributed by atoms with E-state index < -0.39 is 5.82 Å². The number of fused-ring (bicyclic) bond motifs is 1. The molecule has 0 aliphatic carbocycles. The summed E-state index contributed by atoms with van der Waals surface area (Å²) in [6.07, 6.45) is 0. The van der Waals surface area contributed by atoms with Crippen molar-refractivity contribution < 1.29 is 4.39 Å². The third-order valence-electron chi connectivity index (χ3n) is 3.07. The quantitative estimate of drug-likeness (QED) is 0.670. The van der Waals surface area contributed by atoms with Gasteiger partial charge < -0.3 is 0 Å². The lowest BCUT2D eigenvalue weighted by Gasteiger charge is -2.12. The molecule has 3 aromatic rings. The molecule has 0 spiro atoms. The van der Waals surface area contributed by atoms with Gasteiger partial charge in [0.2, 0.25) is 0 Å². The van der Waals surface area contributed by atoms with Gasteiger partial charge in [-0.25, -0.2) is 9.37 Å². The summed E-state index contributed by atoms with van der Waals surface area (Å²) in [4.78, 5) is 17.0. The molecule has 106 valence electrons. The van der Waals surface area contributed by atoms with E-state index in [1.165, 1.54) is 22.8 Å². The van der Waals surface area contributed by atoms with Crippen molar-refractivity contribution in [1.29, 1.82) is 0 Å². The van der Waals surface area contributed by atoms with Crippen LogP contribution in [0.1, 0.15) is 5.82 Å². The van der Waals surface area contributed by atoms with Gasteiger partial charge in [-0.1, -0.05) is 23.7 Å². The van der Waals surface area contributed by atoms with Gasteiger partial charge in [-0.2, -0.15) is 0 Å². The fraction of sp³-hybridized carbons (Fsp3) is 0.0667. The van der Waals surface area contributed by atoms with Crippen molar-refractivity contribution in [2.75, 3.05) is 0 Å². The highest BCUT2D eigenvalue weighted by molar-refractivity contribution is 6.30. The highest BCUT2D eigenvalue weighted by Gasteiger charge is 2.13. The Bertz CT molecular complexity index is 872. The largest absolute Gasteiger partial charge is 0.268 e. The number of benzene rings is 2. The molecule has 0 amide bonds. The van der Waals surface area contributed by atoms with Gasteiger partial charge in [0.25, 0.3) is 5.56 Å². The van der Waals surface area contributed by atoms with Crippen molar-refractivity contribution >= 4 is 34.1 Å². The maximum Gasteiger partial charge on any atom is 0.266 e. The first-order chi connectivity index (χ1) is 10.1. The lowest BCUT2D eigenvalue weighted by molar-refractivity contribution is 0.626. The number of nitrogens with zero attached hydrogens (tertiary/aromatic N) is 2. The van der Waals surface area contributed by atoms with Gasteiger partial charge in [0.05, 0.1) is 22.5 Å². The van der Waals surface area contributed by atoms with Gasteiger partial charge in [-0.05, 0) is 30.3 Å². The molecule has 1 aromatic heterocycles. The number of hydrogen-bond donors (Lipinski definition) is 0. The lowest BCUT2D eigenvalue weighted by atomic mass is 10.2. The summed E-state index contributed by atoms with van der Waals surface area (Å²) in [7, 11) is 0. The van der Waals surface area contributed by atoms with Crippen LogP contribution in [-0.2, 0) is 5.88 Å². The summed E-state index contributed by atoms with van der Waals surface area (Å²) >= 11 is 11.7.